The highest BCUT2D eigenvalue weighted by Gasteiger charge is 2.36. The smallest absolute Gasteiger partial charge is 0.255 e. The number of amides is 2. The molecule has 2 aromatic rings. The Kier molecular flexibility index (Phi) is 6.54. The van der Waals surface area contributed by atoms with Crippen LogP contribution in [-0.2, 0) is 22.7 Å². The normalized spacial score (nSPS) is 17.5. The summed E-state index contributed by atoms with van der Waals surface area (Å²) in [5.74, 6) is -1.14. The van der Waals surface area contributed by atoms with Gasteiger partial charge in [0.05, 0.1) is 24.0 Å². The first-order chi connectivity index (χ1) is 15.9. The van der Waals surface area contributed by atoms with Gasteiger partial charge in [0.15, 0.2) is 12.2 Å². The number of rotatable bonds is 7. The minimum atomic E-state index is -1.90. The molecule has 0 aliphatic carbocycles. The van der Waals surface area contributed by atoms with Crippen LogP contribution in [0.25, 0.3) is 0 Å². The maximum atomic E-state index is 12.7. The molecule has 1 aromatic carbocycles. The number of hydrazine groups is 1. The van der Waals surface area contributed by atoms with Crippen molar-refractivity contribution in [3.63, 3.8) is 0 Å². The summed E-state index contributed by atoms with van der Waals surface area (Å²) in [6, 6.07) is 7.11. The van der Waals surface area contributed by atoms with E-state index in [1.807, 2.05) is 41.6 Å². The molecule has 0 unspecified atom stereocenters. The third-order valence-corrected chi connectivity index (χ3v) is 5.68. The second kappa shape index (κ2) is 9.53. The van der Waals surface area contributed by atoms with Crippen LogP contribution in [0.2, 0.25) is 0 Å². The molecule has 0 saturated heterocycles. The van der Waals surface area contributed by atoms with Gasteiger partial charge < -0.3 is 25.7 Å². The summed E-state index contributed by atoms with van der Waals surface area (Å²) in [5, 5.41) is 28.1. The van der Waals surface area contributed by atoms with Gasteiger partial charge in [-0.05, 0) is 24.6 Å². The van der Waals surface area contributed by atoms with Gasteiger partial charge in [-0.3, -0.25) is 14.6 Å². The summed E-state index contributed by atoms with van der Waals surface area (Å²) < 4.78 is 0. The third kappa shape index (κ3) is 4.80. The van der Waals surface area contributed by atoms with Gasteiger partial charge in [-0.2, -0.15) is 0 Å². The fourth-order valence-corrected chi connectivity index (χ4v) is 3.74. The summed E-state index contributed by atoms with van der Waals surface area (Å²) in [7, 11) is 1.69. The average Bonchev–Trinajstić information content (AvgIpc) is 3.52. The molecule has 1 aromatic heterocycles. The highest BCUT2D eigenvalue weighted by Crippen LogP contribution is 2.23. The lowest BCUT2D eigenvalue weighted by Gasteiger charge is -2.24. The zero-order valence-corrected chi connectivity index (χ0v) is 18.4. The van der Waals surface area contributed by atoms with Crippen molar-refractivity contribution in [2.24, 2.45) is 0 Å². The number of hydrogen-bond donors (Lipinski definition) is 5. The molecule has 174 valence electrons. The fourth-order valence-electron chi connectivity index (χ4n) is 3.74. The third-order valence-electron chi connectivity index (χ3n) is 5.68. The van der Waals surface area contributed by atoms with Gasteiger partial charge in [0.2, 0.25) is 5.95 Å². The Labute approximate surface area is 191 Å². The molecule has 0 spiro atoms. The Hall–Kier alpha value is -3.54. The van der Waals surface area contributed by atoms with E-state index in [-0.39, 0.29) is 13.1 Å². The van der Waals surface area contributed by atoms with E-state index in [2.05, 4.69) is 26.0 Å². The van der Waals surface area contributed by atoms with Gasteiger partial charge in [-0.25, -0.2) is 15.4 Å². The van der Waals surface area contributed by atoms with Crippen molar-refractivity contribution < 1.29 is 19.8 Å². The van der Waals surface area contributed by atoms with Crippen molar-refractivity contribution in [2.45, 2.75) is 38.3 Å². The number of carbonyl (C=O) groups excluding carboxylic acids is 2. The van der Waals surface area contributed by atoms with E-state index in [4.69, 9.17) is 0 Å². The maximum absolute atomic E-state index is 12.7. The Morgan fingerprint density at radius 2 is 1.91 bits per heavy atom. The summed E-state index contributed by atoms with van der Waals surface area (Å²) in [6.07, 6.45) is 1.75. The van der Waals surface area contributed by atoms with Gasteiger partial charge in [0, 0.05) is 38.1 Å². The number of nitrogens with one attached hydrogen (secondary N) is 3. The molecule has 5 N–H and O–H groups in total. The molecule has 33 heavy (non-hydrogen) atoms. The molecule has 2 amide bonds. The van der Waals surface area contributed by atoms with Crippen molar-refractivity contribution in [3.8, 4) is 0 Å². The minimum absolute atomic E-state index is 0.167. The molecule has 2 aliphatic heterocycles. The number of aliphatic hydroxyl groups excluding tert-OH is 2. The summed E-state index contributed by atoms with van der Waals surface area (Å²) >= 11 is 0. The standard InChI is InChI=1S/C22H27N7O4/c1-13(14-4-6-16(7-5-14)29-9-3-8-25-29)26-20(32)18(30)19(31)21(33)28-11-15-10-24-22(23-2)27-17(15)12-28/h3-7,9-10,13,18-19,25,30-31H,8,11-12H2,1-2H3,(H,26,32)(H,23,24,27)/t13-,18-,19-/m1/s1. The lowest BCUT2D eigenvalue weighted by Crippen LogP contribution is -2.50. The highest BCUT2D eigenvalue weighted by atomic mass is 16.3. The molecule has 3 atom stereocenters. The fraction of sp³-hybridized carbons (Fsp3) is 0.364. The van der Waals surface area contributed by atoms with E-state index in [1.165, 1.54) is 4.90 Å². The molecule has 11 nitrogen and oxygen atoms in total. The number of anilines is 2. The number of carbonyl (C=O) groups is 2. The maximum Gasteiger partial charge on any atom is 0.255 e. The van der Waals surface area contributed by atoms with Crippen molar-refractivity contribution in [1.82, 2.24) is 25.6 Å². The largest absolute Gasteiger partial charge is 0.380 e. The molecular formula is C22H27N7O4. The van der Waals surface area contributed by atoms with Crippen molar-refractivity contribution in [2.75, 3.05) is 23.9 Å². The van der Waals surface area contributed by atoms with Crippen LogP contribution in [-0.4, -0.2) is 62.7 Å². The van der Waals surface area contributed by atoms with Gasteiger partial charge in [-0.1, -0.05) is 18.2 Å². The van der Waals surface area contributed by atoms with E-state index < -0.39 is 30.1 Å². The summed E-state index contributed by atoms with van der Waals surface area (Å²) in [4.78, 5) is 35.0. The zero-order chi connectivity index (χ0) is 23.5. The Balaban J connectivity index is 1.33. The summed E-state index contributed by atoms with van der Waals surface area (Å²) in [5.41, 5.74) is 6.35. The van der Waals surface area contributed by atoms with Gasteiger partial charge in [0.25, 0.3) is 11.8 Å². The van der Waals surface area contributed by atoms with Crippen molar-refractivity contribution in [1.29, 1.82) is 0 Å². The first kappa shape index (κ1) is 22.6. The van der Waals surface area contributed by atoms with Gasteiger partial charge >= 0.3 is 0 Å². The number of aliphatic hydroxyl groups is 2. The van der Waals surface area contributed by atoms with Crippen LogP contribution in [0, 0.1) is 0 Å². The topological polar surface area (TPSA) is 143 Å². The molecule has 0 saturated carbocycles. The van der Waals surface area contributed by atoms with Crippen molar-refractivity contribution in [3.05, 3.63) is 59.6 Å². The SMILES string of the molecule is CNc1ncc2c(n1)CN(C(=O)[C@H](O)[C@@H](O)C(=O)N[C@H](C)c1ccc(N3C=CCN3)cc1)C2. The highest BCUT2D eigenvalue weighted by molar-refractivity contribution is 5.91. The lowest BCUT2D eigenvalue weighted by atomic mass is 10.1. The Morgan fingerprint density at radius 3 is 2.58 bits per heavy atom. The second-order valence-electron chi connectivity index (χ2n) is 7.94. The first-order valence-electron chi connectivity index (χ1n) is 10.6. The van der Waals surface area contributed by atoms with E-state index in [9.17, 15) is 19.8 Å². The summed E-state index contributed by atoms with van der Waals surface area (Å²) in [6.45, 7) is 2.89. The van der Waals surface area contributed by atoms with E-state index >= 15 is 0 Å². The van der Waals surface area contributed by atoms with Crippen LogP contribution in [0.5, 0.6) is 0 Å². The van der Waals surface area contributed by atoms with Crippen LogP contribution in [0.3, 0.4) is 0 Å². The van der Waals surface area contributed by atoms with E-state index in [0.29, 0.717) is 11.6 Å². The lowest BCUT2D eigenvalue weighted by molar-refractivity contribution is -0.153. The molecule has 11 heteroatoms. The minimum Gasteiger partial charge on any atom is -0.380 e. The van der Waals surface area contributed by atoms with Crippen LogP contribution < -0.4 is 21.1 Å². The van der Waals surface area contributed by atoms with Crippen LogP contribution >= 0.6 is 0 Å². The molecule has 2 aliphatic rings. The predicted octanol–water partition coefficient (Wildman–Crippen LogP) is -0.202. The van der Waals surface area contributed by atoms with E-state index in [0.717, 1.165) is 23.4 Å². The predicted molar refractivity (Wildman–Crippen MR) is 120 cm³/mol. The number of fused-ring (bicyclic) bond motifs is 1. The molecular weight excluding hydrogens is 426 g/mol. The van der Waals surface area contributed by atoms with Gasteiger partial charge in [0.1, 0.15) is 0 Å². The van der Waals surface area contributed by atoms with Crippen LogP contribution in [0.4, 0.5) is 11.6 Å². The number of aromatic nitrogens is 2. The van der Waals surface area contributed by atoms with Crippen LogP contribution in [0.15, 0.2) is 42.7 Å². The average molecular weight is 454 g/mol. The Morgan fingerprint density at radius 1 is 1.15 bits per heavy atom. The monoisotopic (exact) mass is 453 g/mol. The number of nitrogens with zero attached hydrogens (tertiary/aromatic N) is 4. The number of benzene rings is 1. The van der Waals surface area contributed by atoms with Crippen molar-refractivity contribution >= 4 is 23.5 Å². The zero-order valence-electron chi connectivity index (χ0n) is 18.4. The first-order valence-corrected chi connectivity index (χ1v) is 10.6. The molecule has 4 rings (SSSR count). The number of hydrogen-bond acceptors (Lipinski definition) is 9. The quantitative estimate of drug-likeness (QED) is 0.385. The molecule has 0 radical (unpaired) electrons. The molecule has 0 bridgehead atoms. The Bertz CT molecular complexity index is 1060. The van der Waals surface area contributed by atoms with Gasteiger partial charge in [-0.15, -0.1) is 0 Å². The second-order valence-corrected chi connectivity index (χ2v) is 7.94. The van der Waals surface area contributed by atoms with E-state index in [1.54, 1.807) is 20.2 Å². The van der Waals surface area contributed by atoms with Crippen LogP contribution in [0.1, 0.15) is 29.8 Å². The molecule has 3 heterocycles. The molecule has 0 fully saturated rings.